The lowest BCUT2D eigenvalue weighted by Crippen LogP contribution is -2.17. The van der Waals surface area contributed by atoms with Crippen molar-refractivity contribution in [3.8, 4) is 5.75 Å². The Morgan fingerprint density at radius 1 is 1.04 bits per heavy atom. The van der Waals surface area contributed by atoms with Gasteiger partial charge in [-0.15, -0.1) is 0 Å². The van der Waals surface area contributed by atoms with E-state index in [-0.39, 0.29) is 11.8 Å². The van der Waals surface area contributed by atoms with E-state index in [1.807, 2.05) is 54.6 Å². The van der Waals surface area contributed by atoms with Crippen LogP contribution in [0.1, 0.15) is 37.4 Å². The van der Waals surface area contributed by atoms with Gasteiger partial charge in [0, 0.05) is 12.1 Å². The molecular formula is C23H20N2O3. The van der Waals surface area contributed by atoms with E-state index >= 15 is 0 Å². The molecule has 0 unspecified atom stereocenters. The van der Waals surface area contributed by atoms with Gasteiger partial charge in [0.1, 0.15) is 5.75 Å². The van der Waals surface area contributed by atoms with E-state index in [4.69, 9.17) is 4.74 Å². The van der Waals surface area contributed by atoms with Gasteiger partial charge in [-0.05, 0) is 53.4 Å². The van der Waals surface area contributed by atoms with Gasteiger partial charge in [-0.25, -0.2) is 0 Å². The average Bonchev–Trinajstić information content (AvgIpc) is 3.13. The summed E-state index contributed by atoms with van der Waals surface area (Å²) >= 11 is 0. The number of nitrogens with one attached hydrogen (secondary N) is 2. The highest BCUT2D eigenvalue weighted by Crippen LogP contribution is 2.30. The summed E-state index contributed by atoms with van der Waals surface area (Å²) in [6, 6.07) is 20.6. The summed E-state index contributed by atoms with van der Waals surface area (Å²) in [4.78, 5) is 24.9. The number of fused-ring (bicyclic) bond motifs is 1. The highest BCUT2D eigenvalue weighted by atomic mass is 16.5. The van der Waals surface area contributed by atoms with Gasteiger partial charge in [0.15, 0.2) is 0 Å². The van der Waals surface area contributed by atoms with Crippen molar-refractivity contribution in [1.29, 1.82) is 0 Å². The lowest BCUT2D eigenvalue weighted by molar-refractivity contribution is 0.0966. The number of anilines is 1. The predicted molar refractivity (Wildman–Crippen MR) is 108 cm³/mol. The number of amides is 2. The first-order valence-electron chi connectivity index (χ1n) is 9.08. The van der Waals surface area contributed by atoms with E-state index in [1.165, 1.54) is 0 Å². The van der Waals surface area contributed by atoms with Crippen LogP contribution in [0.3, 0.4) is 0 Å². The minimum Gasteiger partial charge on any atom is -0.497 e. The van der Waals surface area contributed by atoms with Crippen molar-refractivity contribution in [2.24, 2.45) is 0 Å². The van der Waals surface area contributed by atoms with Gasteiger partial charge in [0.05, 0.1) is 18.4 Å². The molecule has 5 nitrogen and oxygen atoms in total. The Morgan fingerprint density at radius 3 is 2.50 bits per heavy atom. The van der Waals surface area contributed by atoms with Gasteiger partial charge >= 0.3 is 0 Å². The van der Waals surface area contributed by atoms with Crippen LogP contribution in [-0.2, 0) is 13.0 Å². The molecule has 1 aliphatic heterocycles. The van der Waals surface area contributed by atoms with Crippen LogP contribution in [0.15, 0.2) is 66.7 Å². The molecule has 3 aromatic rings. The van der Waals surface area contributed by atoms with Crippen LogP contribution in [0.4, 0.5) is 5.69 Å². The Hall–Kier alpha value is -3.60. The molecule has 1 aliphatic rings. The Morgan fingerprint density at radius 2 is 1.79 bits per heavy atom. The van der Waals surface area contributed by atoms with Gasteiger partial charge in [0.25, 0.3) is 11.8 Å². The Balaban J connectivity index is 1.62. The van der Waals surface area contributed by atoms with Crippen molar-refractivity contribution in [2.75, 3.05) is 12.4 Å². The van der Waals surface area contributed by atoms with Crippen LogP contribution in [0, 0.1) is 0 Å². The second kappa shape index (κ2) is 7.56. The van der Waals surface area contributed by atoms with Crippen molar-refractivity contribution in [3.63, 3.8) is 0 Å². The number of ether oxygens (including phenoxy) is 1. The number of hydrogen-bond donors (Lipinski definition) is 2. The quantitative estimate of drug-likeness (QED) is 0.716. The topological polar surface area (TPSA) is 67.4 Å². The van der Waals surface area contributed by atoms with Crippen LogP contribution in [0.5, 0.6) is 5.75 Å². The van der Waals surface area contributed by atoms with Gasteiger partial charge < -0.3 is 15.4 Å². The normalized spacial score (nSPS) is 12.2. The molecule has 0 saturated carbocycles. The van der Waals surface area contributed by atoms with Crippen LogP contribution >= 0.6 is 0 Å². The average molecular weight is 372 g/mol. The zero-order chi connectivity index (χ0) is 19.5. The molecule has 0 spiro atoms. The minimum absolute atomic E-state index is 0.157. The zero-order valence-electron chi connectivity index (χ0n) is 15.5. The molecule has 2 amide bonds. The van der Waals surface area contributed by atoms with Crippen LogP contribution in [0.2, 0.25) is 0 Å². The fourth-order valence-electron chi connectivity index (χ4n) is 3.43. The Bertz CT molecular complexity index is 1030. The summed E-state index contributed by atoms with van der Waals surface area (Å²) in [5, 5.41) is 5.75. The van der Waals surface area contributed by atoms with E-state index in [0.29, 0.717) is 29.8 Å². The van der Waals surface area contributed by atoms with Crippen molar-refractivity contribution < 1.29 is 14.3 Å². The first-order valence-corrected chi connectivity index (χ1v) is 9.08. The van der Waals surface area contributed by atoms with Gasteiger partial charge in [-0.1, -0.05) is 36.4 Å². The fourth-order valence-corrected chi connectivity index (χ4v) is 3.43. The van der Waals surface area contributed by atoms with E-state index in [2.05, 4.69) is 10.6 Å². The summed E-state index contributed by atoms with van der Waals surface area (Å²) in [5.74, 6) is 0.421. The molecule has 140 valence electrons. The monoisotopic (exact) mass is 372 g/mol. The lowest BCUT2D eigenvalue weighted by Gasteiger charge is -2.13. The number of carbonyl (C=O) groups is 2. The number of benzene rings is 3. The summed E-state index contributed by atoms with van der Waals surface area (Å²) in [6.45, 7) is 0.467. The molecule has 28 heavy (non-hydrogen) atoms. The van der Waals surface area contributed by atoms with E-state index in [0.717, 1.165) is 22.4 Å². The zero-order valence-corrected chi connectivity index (χ0v) is 15.5. The van der Waals surface area contributed by atoms with Gasteiger partial charge in [-0.3, -0.25) is 9.59 Å². The summed E-state index contributed by atoms with van der Waals surface area (Å²) < 4.78 is 5.20. The minimum atomic E-state index is -0.231. The molecule has 0 bridgehead atoms. The summed E-state index contributed by atoms with van der Waals surface area (Å²) in [5.41, 5.74) is 4.77. The maximum atomic E-state index is 12.5. The third-order valence-corrected chi connectivity index (χ3v) is 4.90. The fraction of sp³-hybridized carbons (Fsp3) is 0.130. The third-order valence-electron chi connectivity index (χ3n) is 4.90. The molecule has 0 radical (unpaired) electrons. The molecule has 0 aromatic heterocycles. The smallest absolute Gasteiger partial charge is 0.255 e. The van der Waals surface area contributed by atoms with E-state index in [1.54, 1.807) is 19.2 Å². The molecule has 4 rings (SSSR count). The highest BCUT2D eigenvalue weighted by Gasteiger charge is 2.26. The second-order valence-corrected chi connectivity index (χ2v) is 6.65. The largest absolute Gasteiger partial charge is 0.497 e. The van der Waals surface area contributed by atoms with Crippen molar-refractivity contribution in [2.45, 2.75) is 13.0 Å². The maximum Gasteiger partial charge on any atom is 0.255 e. The molecule has 0 aliphatic carbocycles. The second-order valence-electron chi connectivity index (χ2n) is 6.65. The standard InChI is InChI=1S/C23H20N2O3/c1-28-18-10-7-15(8-11-18)13-17-9-12-20(21-19(17)14-24-23(21)27)25-22(26)16-5-3-2-4-6-16/h2-12H,13-14H2,1H3,(H,24,27)(H,25,26). The third kappa shape index (κ3) is 3.47. The highest BCUT2D eigenvalue weighted by molar-refractivity contribution is 6.10. The Kier molecular flexibility index (Phi) is 4.81. The summed E-state index contributed by atoms with van der Waals surface area (Å²) in [7, 11) is 1.64. The van der Waals surface area contributed by atoms with E-state index in [9.17, 15) is 9.59 Å². The van der Waals surface area contributed by atoms with Crippen molar-refractivity contribution in [3.05, 3.63) is 94.5 Å². The molecule has 2 N–H and O–H groups in total. The first kappa shape index (κ1) is 17.8. The molecule has 0 fully saturated rings. The van der Waals surface area contributed by atoms with Gasteiger partial charge in [-0.2, -0.15) is 0 Å². The molecule has 1 heterocycles. The van der Waals surface area contributed by atoms with Crippen molar-refractivity contribution >= 4 is 17.5 Å². The molecule has 0 saturated heterocycles. The van der Waals surface area contributed by atoms with Crippen LogP contribution < -0.4 is 15.4 Å². The van der Waals surface area contributed by atoms with Crippen molar-refractivity contribution in [1.82, 2.24) is 5.32 Å². The summed E-state index contributed by atoms with van der Waals surface area (Å²) in [6.07, 6.45) is 0.703. The first-order chi connectivity index (χ1) is 13.7. The number of hydrogen-bond acceptors (Lipinski definition) is 3. The maximum absolute atomic E-state index is 12.5. The molecule has 5 heteroatoms. The Labute approximate surface area is 163 Å². The number of carbonyl (C=O) groups excluding carboxylic acids is 2. The molecule has 3 aromatic carbocycles. The molecule has 0 atom stereocenters. The SMILES string of the molecule is COc1ccc(Cc2ccc(NC(=O)c3ccccc3)c3c2CNC3=O)cc1. The number of methoxy groups -OCH3 is 1. The van der Waals surface area contributed by atoms with Crippen LogP contribution in [0.25, 0.3) is 0 Å². The van der Waals surface area contributed by atoms with E-state index < -0.39 is 0 Å². The van der Waals surface area contributed by atoms with Gasteiger partial charge in [0.2, 0.25) is 0 Å². The molecular weight excluding hydrogens is 352 g/mol. The predicted octanol–water partition coefficient (Wildman–Crippen LogP) is 3.78. The number of rotatable bonds is 5. The lowest BCUT2D eigenvalue weighted by atomic mass is 9.95. The van der Waals surface area contributed by atoms with Crippen LogP contribution in [-0.4, -0.2) is 18.9 Å².